The first kappa shape index (κ1) is 14.6. The lowest BCUT2D eigenvalue weighted by Gasteiger charge is -2.15. The Labute approximate surface area is 104 Å². The predicted molar refractivity (Wildman–Crippen MR) is 64.5 cm³/mol. The van der Waals surface area contributed by atoms with Gasteiger partial charge in [0.2, 0.25) is 0 Å². The standard InChI is InChI=1S/C13H16F3NO/c1-2-3-8-18-12-5-4-10(6-7-17)9-11(12)13(14,15)16/h2,4-5,9H,1,3,6-8,17H2. The molecule has 0 atom stereocenters. The summed E-state index contributed by atoms with van der Waals surface area (Å²) in [7, 11) is 0. The van der Waals surface area contributed by atoms with E-state index in [9.17, 15) is 13.2 Å². The molecule has 5 heteroatoms. The number of halogens is 3. The number of hydrogen-bond acceptors (Lipinski definition) is 2. The SMILES string of the molecule is C=CCCOc1ccc(CCN)cc1C(F)(F)F. The topological polar surface area (TPSA) is 35.2 Å². The van der Waals surface area contributed by atoms with Gasteiger partial charge in [0.25, 0.3) is 0 Å². The summed E-state index contributed by atoms with van der Waals surface area (Å²) in [6.45, 7) is 3.98. The van der Waals surface area contributed by atoms with Gasteiger partial charge >= 0.3 is 6.18 Å². The molecule has 0 aliphatic heterocycles. The fraction of sp³-hybridized carbons (Fsp3) is 0.385. The third kappa shape index (κ3) is 4.07. The Morgan fingerprint density at radius 2 is 2.06 bits per heavy atom. The van der Waals surface area contributed by atoms with Crippen LogP contribution < -0.4 is 10.5 Å². The highest BCUT2D eigenvalue weighted by Gasteiger charge is 2.34. The summed E-state index contributed by atoms with van der Waals surface area (Å²) in [5.74, 6) is -0.148. The summed E-state index contributed by atoms with van der Waals surface area (Å²) in [4.78, 5) is 0. The van der Waals surface area contributed by atoms with E-state index in [0.29, 0.717) is 24.9 Å². The number of rotatable bonds is 6. The Morgan fingerprint density at radius 1 is 1.33 bits per heavy atom. The van der Waals surface area contributed by atoms with Crippen LogP contribution in [-0.4, -0.2) is 13.2 Å². The molecule has 1 aromatic carbocycles. The van der Waals surface area contributed by atoms with Crippen molar-refractivity contribution in [3.05, 3.63) is 42.0 Å². The maximum Gasteiger partial charge on any atom is 0.419 e. The van der Waals surface area contributed by atoms with Crippen molar-refractivity contribution in [1.82, 2.24) is 0 Å². The van der Waals surface area contributed by atoms with Crippen molar-refractivity contribution in [1.29, 1.82) is 0 Å². The van der Waals surface area contributed by atoms with E-state index in [1.807, 2.05) is 0 Å². The lowest BCUT2D eigenvalue weighted by atomic mass is 10.1. The van der Waals surface area contributed by atoms with Crippen LogP contribution in [0.3, 0.4) is 0 Å². The van der Waals surface area contributed by atoms with Gasteiger partial charge in [0.15, 0.2) is 0 Å². The number of nitrogens with two attached hydrogens (primary N) is 1. The van der Waals surface area contributed by atoms with Crippen LogP contribution in [0.15, 0.2) is 30.9 Å². The second kappa shape index (κ2) is 6.44. The molecule has 18 heavy (non-hydrogen) atoms. The predicted octanol–water partition coefficient (Wildman–Crippen LogP) is 3.16. The third-order valence-corrected chi connectivity index (χ3v) is 2.36. The number of benzene rings is 1. The van der Waals surface area contributed by atoms with Gasteiger partial charge in [-0.15, -0.1) is 6.58 Å². The number of hydrogen-bond donors (Lipinski definition) is 1. The second-order valence-corrected chi connectivity index (χ2v) is 3.79. The molecular weight excluding hydrogens is 243 g/mol. The van der Waals surface area contributed by atoms with E-state index in [0.717, 1.165) is 6.07 Å². The van der Waals surface area contributed by atoms with Crippen molar-refractivity contribution in [2.45, 2.75) is 19.0 Å². The normalized spacial score (nSPS) is 11.3. The fourth-order valence-corrected chi connectivity index (χ4v) is 1.50. The molecule has 0 unspecified atom stereocenters. The lowest BCUT2D eigenvalue weighted by molar-refractivity contribution is -0.139. The zero-order chi connectivity index (χ0) is 13.6. The van der Waals surface area contributed by atoms with Gasteiger partial charge in [0.1, 0.15) is 5.75 Å². The van der Waals surface area contributed by atoms with Gasteiger partial charge in [-0.05, 0) is 37.1 Å². The first-order valence-electron chi connectivity index (χ1n) is 5.63. The zero-order valence-electron chi connectivity index (χ0n) is 9.96. The van der Waals surface area contributed by atoms with E-state index in [2.05, 4.69) is 6.58 Å². The monoisotopic (exact) mass is 259 g/mol. The summed E-state index contributed by atoms with van der Waals surface area (Å²) in [6, 6.07) is 4.04. The van der Waals surface area contributed by atoms with Crippen LogP contribution in [0.4, 0.5) is 13.2 Å². The van der Waals surface area contributed by atoms with Gasteiger partial charge in [-0.1, -0.05) is 12.1 Å². The molecule has 0 fully saturated rings. The summed E-state index contributed by atoms with van der Waals surface area (Å²) < 4.78 is 43.7. The molecule has 0 aliphatic rings. The van der Waals surface area contributed by atoms with Gasteiger partial charge in [0.05, 0.1) is 12.2 Å². The molecule has 0 saturated carbocycles. The molecule has 1 rings (SSSR count). The molecule has 0 aromatic heterocycles. The van der Waals surface area contributed by atoms with E-state index in [1.54, 1.807) is 12.1 Å². The van der Waals surface area contributed by atoms with Crippen LogP contribution in [0.5, 0.6) is 5.75 Å². The zero-order valence-corrected chi connectivity index (χ0v) is 9.96. The van der Waals surface area contributed by atoms with Crippen molar-refractivity contribution >= 4 is 0 Å². The highest BCUT2D eigenvalue weighted by Crippen LogP contribution is 2.36. The largest absolute Gasteiger partial charge is 0.493 e. The Kier molecular flexibility index (Phi) is 5.22. The fourth-order valence-electron chi connectivity index (χ4n) is 1.50. The van der Waals surface area contributed by atoms with Crippen LogP contribution in [0, 0.1) is 0 Å². The second-order valence-electron chi connectivity index (χ2n) is 3.79. The van der Waals surface area contributed by atoms with Gasteiger partial charge in [0, 0.05) is 0 Å². The van der Waals surface area contributed by atoms with Gasteiger partial charge < -0.3 is 10.5 Å². The molecule has 0 amide bonds. The average Bonchev–Trinajstić information content (AvgIpc) is 2.30. The molecule has 2 N–H and O–H groups in total. The van der Waals surface area contributed by atoms with Crippen LogP contribution in [0.1, 0.15) is 17.5 Å². The Hall–Kier alpha value is -1.49. The highest BCUT2D eigenvalue weighted by molar-refractivity contribution is 5.39. The van der Waals surface area contributed by atoms with E-state index in [4.69, 9.17) is 10.5 Å². The van der Waals surface area contributed by atoms with Gasteiger partial charge in [-0.2, -0.15) is 13.2 Å². The molecule has 0 saturated heterocycles. The summed E-state index contributed by atoms with van der Waals surface area (Å²) in [5.41, 5.74) is 5.14. The smallest absolute Gasteiger partial charge is 0.419 e. The van der Waals surface area contributed by atoms with Crippen molar-refractivity contribution in [3.8, 4) is 5.75 Å². The van der Waals surface area contributed by atoms with Gasteiger partial charge in [-0.25, -0.2) is 0 Å². The van der Waals surface area contributed by atoms with E-state index in [-0.39, 0.29) is 12.4 Å². The van der Waals surface area contributed by atoms with Crippen molar-refractivity contribution in [3.63, 3.8) is 0 Å². The highest BCUT2D eigenvalue weighted by atomic mass is 19.4. The van der Waals surface area contributed by atoms with Crippen LogP contribution in [0.25, 0.3) is 0 Å². The third-order valence-electron chi connectivity index (χ3n) is 2.36. The molecule has 0 aliphatic carbocycles. The molecule has 0 bridgehead atoms. The Balaban J connectivity index is 2.97. The first-order valence-corrected chi connectivity index (χ1v) is 5.63. The van der Waals surface area contributed by atoms with Crippen molar-refractivity contribution in [2.75, 3.05) is 13.2 Å². The molecule has 0 spiro atoms. The molecule has 100 valence electrons. The lowest BCUT2D eigenvalue weighted by Crippen LogP contribution is -2.11. The summed E-state index contributed by atoms with van der Waals surface area (Å²) in [5, 5.41) is 0. The maximum absolute atomic E-state index is 12.8. The molecule has 1 aromatic rings. The van der Waals surface area contributed by atoms with Gasteiger partial charge in [-0.3, -0.25) is 0 Å². The van der Waals surface area contributed by atoms with E-state index < -0.39 is 11.7 Å². The summed E-state index contributed by atoms with van der Waals surface area (Å²) >= 11 is 0. The van der Waals surface area contributed by atoms with Crippen LogP contribution in [0.2, 0.25) is 0 Å². The number of alkyl halides is 3. The Bertz CT molecular complexity index is 402. The van der Waals surface area contributed by atoms with Crippen molar-refractivity contribution in [2.24, 2.45) is 5.73 Å². The molecule has 0 heterocycles. The number of ether oxygens (including phenoxy) is 1. The first-order chi connectivity index (χ1) is 8.49. The van der Waals surface area contributed by atoms with Crippen LogP contribution in [-0.2, 0) is 12.6 Å². The molecule has 2 nitrogen and oxygen atoms in total. The minimum absolute atomic E-state index is 0.148. The Morgan fingerprint density at radius 3 is 2.61 bits per heavy atom. The van der Waals surface area contributed by atoms with E-state index >= 15 is 0 Å². The minimum Gasteiger partial charge on any atom is -0.493 e. The average molecular weight is 259 g/mol. The van der Waals surface area contributed by atoms with E-state index in [1.165, 1.54) is 6.07 Å². The maximum atomic E-state index is 12.8. The quantitative estimate of drug-likeness (QED) is 0.629. The minimum atomic E-state index is -4.42. The van der Waals surface area contributed by atoms with Crippen LogP contribution >= 0.6 is 0 Å². The molecular formula is C13H16F3NO. The molecule has 0 radical (unpaired) electrons. The summed E-state index contributed by atoms with van der Waals surface area (Å²) in [6.07, 6.45) is -1.91. The van der Waals surface area contributed by atoms with Crippen molar-refractivity contribution < 1.29 is 17.9 Å².